The van der Waals surface area contributed by atoms with Gasteiger partial charge in [-0.2, -0.15) is 0 Å². The van der Waals surface area contributed by atoms with Gasteiger partial charge in [-0.3, -0.25) is 0 Å². The predicted molar refractivity (Wildman–Crippen MR) is 98.8 cm³/mol. The standard InChI is InChI=1S/C22H32O4/c1-5-22(26)12(2)19(25)18-17-15(7-9-21(18,22)4)20(3)8-6-14(23)10-13(20)11-16(17)24/h1,11-12,14-19,23-26H,6-10H2,2-4H3/t12-,14-,15?,16-,17?,18?,19+,20+,21+,22+/m1/s1. The number of aliphatic hydroxyl groups is 4. The zero-order valence-electron chi connectivity index (χ0n) is 16.0. The Kier molecular flexibility index (Phi) is 3.97. The van der Waals surface area contributed by atoms with E-state index in [1.807, 2.05) is 19.9 Å². The highest BCUT2D eigenvalue weighted by Gasteiger charge is 2.70. The van der Waals surface area contributed by atoms with Crippen LogP contribution < -0.4 is 0 Å². The van der Waals surface area contributed by atoms with E-state index < -0.39 is 29.1 Å². The minimum Gasteiger partial charge on any atom is -0.393 e. The minimum atomic E-state index is -1.35. The predicted octanol–water partition coefficient (Wildman–Crippen LogP) is 1.86. The molecule has 0 aromatic rings. The number of aliphatic hydroxyl groups excluding tert-OH is 3. The summed E-state index contributed by atoms with van der Waals surface area (Å²) in [7, 11) is 0. The lowest BCUT2D eigenvalue weighted by Gasteiger charge is -2.59. The number of rotatable bonds is 0. The Morgan fingerprint density at radius 2 is 1.85 bits per heavy atom. The van der Waals surface area contributed by atoms with Crippen LogP contribution in [0.3, 0.4) is 0 Å². The number of hydrogen-bond donors (Lipinski definition) is 4. The fourth-order valence-electron chi connectivity index (χ4n) is 7.32. The highest BCUT2D eigenvalue weighted by Crippen LogP contribution is 2.68. The molecule has 4 rings (SSSR count). The first kappa shape index (κ1) is 18.5. The van der Waals surface area contributed by atoms with Crippen molar-refractivity contribution < 1.29 is 20.4 Å². The molecule has 4 heteroatoms. The summed E-state index contributed by atoms with van der Waals surface area (Å²) < 4.78 is 0. The Balaban J connectivity index is 1.81. The third-order valence-electron chi connectivity index (χ3n) is 8.99. The van der Waals surface area contributed by atoms with Gasteiger partial charge in [0.1, 0.15) is 5.60 Å². The van der Waals surface area contributed by atoms with Crippen LogP contribution in [0.5, 0.6) is 0 Å². The van der Waals surface area contributed by atoms with Gasteiger partial charge in [-0.25, -0.2) is 0 Å². The maximum atomic E-state index is 11.3. The van der Waals surface area contributed by atoms with E-state index in [2.05, 4.69) is 12.8 Å². The highest BCUT2D eigenvalue weighted by atomic mass is 16.3. The van der Waals surface area contributed by atoms with Gasteiger partial charge in [0.2, 0.25) is 0 Å². The molecule has 10 atom stereocenters. The van der Waals surface area contributed by atoms with Crippen molar-refractivity contribution in [3.63, 3.8) is 0 Å². The molecule has 0 aliphatic heterocycles. The van der Waals surface area contributed by atoms with Gasteiger partial charge in [0.15, 0.2) is 0 Å². The van der Waals surface area contributed by atoms with Crippen molar-refractivity contribution in [2.24, 2.45) is 34.5 Å². The van der Waals surface area contributed by atoms with E-state index >= 15 is 0 Å². The van der Waals surface area contributed by atoms with E-state index in [4.69, 9.17) is 6.42 Å². The van der Waals surface area contributed by atoms with Gasteiger partial charge in [-0.15, -0.1) is 6.42 Å². The van der Waals surface area contributed by atoms with E-state index in [-0.39, 0.29) is 29.3 Å². The first-order valence-corrected chi connectivity index (χ1v) is 10.1. The second-order valence-electron chi connectivity index (χ2n) is 9.85. The highest BCUT2D eigenvalue weighted by molar-refractivity contribution is 5.32. The van der Waals surface area contributed by atoms with Crippen molar-refractivity contribution in [1.29, 1.82) is 0 Å². The molecule has 0 saturated heterocycles. The van der Waals surface area contributed by atoms with Crippen molar-refractivity contribution in [2.75, 3.05) is 0 Å². The Labute approximate surface area is 156 Å². The van der Waals surface area contributed by atoms with Gasteiger partial charge in [0.25, 0.3) is 0 Å². The molecule has 3 saturated carbocycles. The molecule has 4 aliphatic rings. The summed E-state index contributed by atoms with van der Waals surface area (Å²) >= 11 is 0. The van der Waals surface area contributed by atoms with Crippen molar-refractivity contribution in [1.82, 2.24) is 0 Å². The zero-order valence-corrected chi connectivity index (χ0v) is 16.0. The summed E-state index contributed by atoms with van der Waals surface area (Å²) in [4.78, 5) is 0. The molecule has 0 aromatic heterocycles. The molecule has 0 aromatic carbocycles. The van der Waals surface area contributed by atoms with Crippen LogP contribution in [-0.4, -0.2) is 44.3 Å². The van der Waals surface area contributed by atoms with E-state index in [0.29, 0.717) is 6.42 Å². The molecule has 26 heavy (non-hydrogen) atoms. The summed E-state index contributed by atoms with van der Waals surface area (Å²) in [6.45, 7) is 6.09. The molecule has 4 aliphatic carbocycles. The molecule has 0 radical (unpaired) electrons. The molecule has 0 bridgehead atoms. The van der Waals surface area contributed by atoms with E-state index in [0.717, 1.165) is 25.7 Å². The largest absolute Gasteiger partial charge is 0.393 e. The average molecular weight is 360 g/mol. The number of terminal acetylenes is 1. The first-order valence-electron chi connectivity index (χ1n) is 10.1. The molecule has 0 amide bonds. The summed E-state index contributed by atoms with van der Waals surface area (Å²) in [5, 5.41) is 43.5. The molecule has 4 nitrogen and oxygen atoms in total. The van der Waals surface area contributed by atoms with Gasteiger partial charge in [0.05, 0.1) is 18.3 Å². The fourth-order valence-corrected chi connectivity index (χ4v) is 7.32. The first-order chi connectivity index (χ1) is 12.1. The lowest BCUT2D eigenvalue weighted by atomic mass is 9.46. The van der Waals surface area contributed by atoms with E-state index in [9.17, 15) is 20.4 Å². The van der Waals surface area contributed by atoms with Crippen molar-refractivity contribution >= 4 is 0 Å². The lowest BCUT2D eigenvalue weighted by molar-refractivity contribution is -0.136. The Morgan fingerprint density at radius 1 is 1.15 bits per heavy atom. The zero-order chi connectivity index (χ0) is 19.1. The lowest BCUT2D eigenvalue weighted by Crippen LogP contribution is -2.58. The quantitative estimate of drug-likeness (QED) is 0.393. The van der Waals surface area contributed by atoms with Crippen LogP contribution in [0, 0.1) is 46.8 Å². The summed E-state index contributed by atoms with van der Waals surface area (Å²) in [5.74, 6) is 2.09. The maximum Gasteiger partial charge on any atom is 0.135 e. The van der Waals surface area contributed by atoms with Crippen LogP contribution in [0.1, 0.15) is 52.9 Å². The maximum absolute atomic E-state index is 11.3. The van der Waals surface area contributed by atoms with Gasteiger partial charge >= 0.3 is 0 Å². The van der Waals surface area contributed by atoms with Gasteiger partial charge in [0, 0.05) is 17.3 Å². The van der Waals surface area contributed by atoms with Gasteiger partial charge < -0.3 is 20.4 Å². The monoisotopic (exact) mass is 360 g/mol. The summed E-state index contributed by atoms with van der Waals surface area (Å²) in [5.41, 5.74) is -0.834. The molecule has 3 fully saturated rings. The minimum absolute atomic E-state index is 0.0513. The van der Waals surface area contributed by atoms with Crippen LogP contribution in [0.4, 0.5) is 0 Å². The van der Waals surface area contributed by atoms with Gasteiger partial charge in [-0.05, 0) is 49.4 Å². The van der Waals surface area contributed by atoms with Crippen LogP contribution in [0.25, 0.3) is 0 Å². The van der Waals surface area contributed by atoms with Crippen molar-refractivity contribution in [3.05, 3.63) is 11.6 Å². The second-order valence-corrected chi connectivity index (χ2v) is 9.85. The topological polar surface area (TPSA) is 80.9 Å². The second kappa shape index (κ2) is 5.58. The number of hydrogen-bond acceptors (Lipinski definition) is 4. The fraction of sp³-hybridized carbons (Fsp3) is 0.818. The average Bonchev–Trinajstić information content (AvgIpc) is 2.75. The van der Waals surface area contributed by atoms with Crippen LogP contribution >= 0.6 is 0 Å². The van der Waals surface area contributed by atoms with Crippen molar-refractivity contribution in [3.8, 4) is 12.3 Å². The molecule has 4 N–H and O–H groups in total. The smallest absolute Gasteiger partial charge is 0.135 e. The third kappa shape index (κ3) is 2.01. The van der Waals surface area contributed by atoms with Crippen LogP contribution in [0.15, 0.2) is 11.6 Å². The third-order valence-corrected chi connectivity index (χ3v) is 8.99. The molecular formula is C22H32O4. The molecule has 144 valence electrons. The molecule has 0 heterocycles. The summed E-state index contributed by atoms with van der Waals surface area (Å²) in [6, 6.07) is 0. The Bertz CT molecular complexity index is 680. The molecule has 3 unspecified atom stereocenters. The van der Waals surface area contributed by atoms with Crippen LogP contribution in [0.2, 0.25) is 0 Å². The Morgan fingerprint density at radius 3 is 2.50 bits per heavy atom. The Hall–Kier alpha value is -0.860. The SMILES string of the molecule is C#C[C@]1(O)[C@H](C)[C@H](O)C2C3C(CC[C@@]21C)[C@@]1(C)CC[C@@H](O)CC1=C[C@H]3O. The van der Waals surface area contributed by atoms with Crippen molar-refractivity contribution in [2.45, 2.75) is 76.8 Å². The van der Waals surface area contributed by atoms with E-state index in [1.165, 1.54) is 5.57 Å². The van der Waals surface area contributed by atoms with Crippen LogP contribution in [-0.2, 0) is 0 Å². The van der Waals surface area contributed by atoms with Gasteiger partial charge in [-0.1, -0.05) is 38.3 Å². The summed E-state index contributed by atoms with van der Waals surface area (Å²) in [6.07, 6.45) is 9.91. The normalized spacial score (nSPS) is 58.8. The number of fused-ring (bicyclic) bond motifs is 5. The molecule has 0 spiro atoms. The molecular weight excluding hydrogens is 328 g/mol. The van der Waals surface area contributed by atoms with E-state index in [1.54, 1.807) is 0 Å².